The highest BCUT2D eigenvalue weighted by atomic mass is 16.7. The molecule has 0 bridgehead atoms. The molecule has 2 aliphatic rings. The van der Waals surface area contributed by atoms with E-state index in [1.165, 1.54) is 0 Å². The highest BCUT2D eigenvalue weighted by Gasteiger charge is 2.48. The van der Waals surface area contributed by atoms with Crippen LogP contribution in [0.1, 0.15) is 33.1 Å². The number of nitrogens with zero attached hydrogens (tertiary/aromatic N) is 1. The van der Waals surface area contributed by atoms with Gasteiger partial charge < -0.3 is 9.47 Å². The van der Waals surface area contributed by atoms with E-state index in [1.807, 2.05) is 6.92 Å². The largest absolute Gasteiger partial charge is 0.345 e. The van der Waals surface area contributed by atoms with Crippen LogP contribution in [-0.2, 0) is 9.47 Å². The highest BCUT2D eigenvalue weighted by Crippen LogP contribution is 2.34. The summed E-state index contributed by atoms with van der Waals surface area (Å²) in [5.74, 6) is 0.821. The van der Waals surface area contributed by atoms with Gasteiger partial charge in [0, 0.05) is 17.3 Å². The van der Waals surface area contributed by atoms with E-state index in [4.69, 9.17) is 9.47 Å². The second kappa shape index (κ2) is 5.36. The molecular formula is C13H21NO4. The van der Waals surface area contributed by atoms with E-state index in [0.717, 1.165) is 12.8 Å². The lowest BCUT2D eigenvalue weighted by Gasteiger charge is -2.39. The molecule has 102 valence electrons. The van der Waals surface area contributed by atoms with Gasteiger partial charge in [-0.15, -0.1) is 0 Å². The predicted octanol–water partition coefficient (Wildman–Crippen LogP) is 2.39. The van der Waals surface area contributed by atoms with Gasteiger partial charge in [0.15, 0.2) is 6.29 Å². The molecule has 0 aromatic carbocycles. The molecule has 0 N–H and O–H groups in total. The molecule has 0 aromatic heterocycles. The van der Waals surface area contributed by atoms with Crippen molar-refractivity contribution in [2.45, 2.75) is 44.9 Å². The van der Waals surface area contributed by atoms with E-state index in [9.17, 15) is 10.1 Å². The van der Waals surface area contributed by atoms with Crippen LogP contribution in [0.5, 0.6) is 0 Å². The van der Waals surface area contributed by atoms with Crippen molar-refractivity contribution in [2.75, 3.05) is 13.2 Å². The molecule has 0 radical (unpaired) electrons. The zero-order chi connectivity index (χ0) is 13.2. The number of hydrogen-bond acceptors (Lipinski definition) is 4. The molecule has 2 rings (SSSR count). The summed E-state index contributed by atoms with van der Waals surface area (Å²) in [4.78, 5) is 10.8. The van der Waals surface area contributed by atoms with Gasteiger partial charge in [-0.2, -0.15) is 0 Å². The second-order valence-corrected chi connectivity index (χ2v) is 5.41. The number of ether oxygens (including phenoxy) is 2. The molecule has 5 heteroatoms. The average molecular weight is 255 g/mol. The van der Waals surface area contributed by atoms with Crippen molar-refractivity contribution in [2.24, 2.45) is 11.8 Å². The van der Waals surface area contributed by atoms with Gasteiger partial charge in [-0.25, -0.2) is 0 Å². The van der Waals surface area contributed by atoms with Crippen LogP contribution in [-0.4, -0.2) is 30.0 Å². The first-order chi connectivity index (χ1) is 8.59. The van der Waals surface area contributed by atoms with Crippen LogP contribution in [0, 0.1) is 22.0 Å². The van der Waals surface area contributed by atoms with E-state index < -0.39 is 5.54 Å². The molecule has 1 fully saturated rings. The van der Waals surface area contributed by atoms with Crippen LogP contribution >= 0.6 is 0 Å². The summed E-state index contributed by atoms with van der Waals surface area (Å²) in [6, 6.07) is 0. The number of nitro groups is 1. The quantitative estimate of drug-likeness (QED) is 0.441. The molecular weight excluding hydrogens is 234 g/mol. The monoisotopic (exact) mass is 255 g/mol. The van der Waals surface area contributed by atoms with Gasteiger partial charge in [0.2, 0.25) is 0 Å². The molecule has 1 aliphatic carbocycles. The van der Waals surface area contributed by atoms with Gasteiger partial charge in [-0.1, -0.05) is 26.0 Å². The lowest BCUT2D eigenvalue weighted by molar-refractivity contribution is -0.593. The number of hydrogen-bond donors (Lipinski definition) is 0. The fraction of sp³-hybridized carbons (Fsp3) is 0.846. The highest BCUT2D eigenvalue weighted by molar-refractivity contribution is 4.95. The maximum atomic E-state index is 11.1. The summed E-state index contributed by atoms with van der Waals surface area (Å²) in [5.41, 5.74) is -1.05. The van der Waals surface area contributed by atoms with E-state index in [2.05, 4.69) is 19.1 Å². The average Bonchev–Trinajstić information content (AvgIpc) is 2.39. The fourth-order valence-electron chi connectivity index (χ4n) is 2.60. The molecule has 1 heterocycles. The zero-order valence-corrected chi connectivity index (χ0v) is 11.0. The van der Waals surface area contributed by atoms with Crippen molar-refractivity contribution in [3.05, 3.63) is 22.3 Å². The Labute approximate surface area is 107 Å². The molecule has 0 amide bonds. The summed E-state index contributed by atoms with van der Waals surface area (Å²) >= 11 is 0. The Balaban J connectivity index is 1.97. The minimum absolute atomic E-state index is 0.161. The molecule has 0 spiro atoms. The van der Waals surface area contributed by atoms with Crippen molar-refractivity contribution < 1.29 is 14.4 Å². The summed E-state index contributed by atoms with van der Waals surface area (Å²) < 4.78 is 11.3. The lowest BCUT2D eigenvalue weighted by Crippen LogP contribution is -2.54. The van der Waals surface area contributed by atoms with E-state index >= 15 is 0 Å². The standard InChI is InChI=1S/C13H21NO4/c1-3-13(14(15)16)8-17-12(18-9-13)11-7-5-4-6-10(11)2/h4-5,10-12H,3,6-9H2,1-2H3/t10-,11-,12?,13?/m0/s1. The van der Waals surface area contributed by atoms with E-state index in [0.29, 0.717) is 18.3 Å². The first-order valence-electron chi connectivity index (χ1n) is 6.62. The predicted molar refractivity (Wildman–Crippen MR) is 66.7 cm³/mol. The Kier molecular flexibility index (Phi) is 4.02. The normalized spacial score (nSPS) is 40.7. The molecule has 18 heavy (non-hydrogen) atoms. The first-order valence-corrected chi connectivity index (χ1v) is 6.62. The Morgan fingerprint density at radius 1 is 1.33 bits per heavy atom. The molecule has 5 nitrogen and oxygen atoms in total. The number of rotatable bonds is 3. The molecule has 1 saturated heterocycles. The van der Waals surface area contributed by atoms with Gasteiger partial charge >= 0.3 is 0 Å². The first kappa shape index (κ1) is 13.5. The molecule has 0 aromatic rings. The van der Waals surface area contributed by atoms with Crippen molar-refractivity contribution in [1.82, 2.24) is 0 Å². The van der Waals surface area contributed by atoms with Crippen molar-refractivity contribution in [1.29, 1.82) is 0 Å². The van der Waals surface area contributed by atoms with Crippen LogP contribution in [0.3, 0.4) is 0 Å². The maximum absolute atomic E-state index is 11.1. The third kappa shape index (κ3) is 2.42. The van der Waals surface area contributed by atoms with Gasteiger partial charge in [-0.05, 0) is 18.8 Å². The Hall–Kier alpha value is -0.940. The Morgan fingerprint density at radius 3 is 2.44 bits per heavy atom. The second-order valence-electron chi connectivity index (χ2n) is 5.41. The van der Waals surface area contributed by atoms with Crippen molar-refractivity contribution >= 4 is 0 Å². The van der Waals surface area contributed by atoms with Crippen molar-refractivity contribution in [3.8, 4) is 0 Å². The summed E-state index contributed by atoms with van der Waals surface area (Å²) in [7, 11) is 0. The van der Waals surface area contributed by atoms with Gasteiger partial charge in [0.1, 0.15) is 13.2 Å². The summed E-state index contributed by atoms with van der Waals surface area (Å²) in [5, 5.41) is 11.1. The van der Waals surface area contributed by atoms with Crippen LogP contribution < -0.4 is 0 Å². The fourth-order valence-corrected chi connectivity index (χ4v) is 2.60. The van der Waals surface area contributed by atoms with E-state index in [-0.39, 0.29) is 24.4 Å². The van der Waals surface area contributed by atoms with Crippen LogP contribution in [0.2, 0.25) is 0 Å². The van der Waals surface area contributed by atoms with Crippen molar-refractivity contribution in [3.63, 3.8) is 0 Å². The number of allylic oxidation sites excluding steroid dienone is 2. The Morgan fingerprint density at radius 2 is 1.94 bits per heavy atom. The van der Waals surface area contributed by atoms with E-state index in [1.54, 1.807) is 0 Å². The topological polar surface area (TPSA) is 61.6 Å². The summed E-state index contributed by atoms with van der Waals surface area (Å²) in [6.07, 6.45) is 6.44. The third-order valence-electron chi connectivity index (χ3n) is 4.24. The zero-order valence-electron chi connectivity index (χ0n) is 11.0. The Bertz CT molecular complexity index is 334. The maximum Gasteiger partial charge on any atom is 0.267 e. The van der Waals surface area contributed by atoms with Gasteiger partial charge in [0.25, 0.3) is 5.54 Å². The molecule has 0 saturated carbocycles. The minimum Gasteiger partial charge on any atom is -0.345 e. The molecule has 2 atom stereocenters. The summed E-state index contributed by atoms with van der Waals surface area (Å²) in [6.45, 7) is 4.31. The third-order valence-corrected chi connectivity index (χ3v) is 4.24. The van der Waals surface area contributed by atoms with Gasteiger partial charge in [0.05, 0.1) is 0 Å². The van der Waals surface area contributed by atoms with Crippen LogP contribution in [0.15, 0.2) is 12.2 Å². The molecule has 0 unspecified atom stereocenters. The van der Waals surface area contributed by atoms with Gasteiger partial charge in [-0.3, -0.25) is 10.1 Å². The molecule has 1 aliphatic heterocycles. The van der Waals surface area contributed by atoms with Crippen LogP contribution in [0.4, 0.5) is 0 Å². The van der Waals surface area contributed by atoms with Crippen LogP contribution in [0.25, 0.3) is 0 Å². The lowest BCUT2D eigenvalue weighted by atomic mass is 9.83. The minimum atomic E-state index is -1.05. The SMILES string of the molecule is CCC1([N+](=O)[O-])COC([C@H]2CC=CC[C@@H]2C)OC1. The smallest absolute Gasteiger partial charge is 0.267 e.